The summed E-state index contributed by atoms with van der Waals surface area (Å²) >= 11 is 1.70. The van der Waals surface area contributed by atoms with Gasteiger partial charge in [-0.1, -0.05) is 18.2 Å². The highest BCUT2D eigenvalue weighted by atomic mass is 32.1. The van der Waals surface area contributed by atoms with Gasteiger partial charge in [0.25, 0.3) is 0 Å². The second kappa shape index (κ2) is 4.17. The molecule has 0 bridgehead atoms. The number of para-hydroxylation sites is 1. The van der Waals surface area contributed by atoms with Crippen LogP contribution in [0.15, 0.2) is 29.0 Å². The lowest BCUT2D eigenvalue weighted by molar-refractivity contribution is 0.352. The summed E-state index contributed by atoms with van der Waals surface area (Å²) in [7, 11) is 0. The Labute approximate surface area is 105 Å². The molecule has 2 heterocycles. The quantitative estimate of drug-likeness (QED) is 0.882. The molecule has 2 nitrogen and oxygen atoms in total. The van der Waals surface area contributed by atoms with Crippen LogP contribution in [0.4, 0.5) is 0 Å². The highest BCUT2D eigenvalue weighted by Crippen LogP contribution is 2.36. The zero-order chi connectivity index (χ0) is 11.8. The normalized spacial score (nSPS) is 15.4. The van der Waals surface area contributed by atoms with Gasteiger partial charge in [0.1, 0.15) is 5.75 Å². The van der Waals surface area contributed by atoms with Crippen molar-refractivity contribution in [2.24, 2.45) is 5.73 Å². The minimum Gasteiger partial charge on any atom is -0.493 e. The van der Waals surface area contributed by atoms with Crippen molar-refractivity contribution in [3.05, 3.63) is 51.2 Å². The maximum Gasteiger partial charge on any atom is 0.127 e. The van der Waals surface area contributed by atoms with Crippen molar-refractivity contribution >= 4 is 11.3 Å². The van der Waals surface area contributed by atoms with Gasteiger partial charge in [0.2, 0.25) is 0 Å². The molecule has 1 aromatic carbocycles. The van der Waals surface area contributed by atoms with Gasteiger partial charge in [0, 0.05) is 12.0 Å². The number of thiophene rings is 1. The van der Waals surface area contributed by atoms with Crippen molar-refractivity contribution in [3.63, 3.8) is 0 Å². The van der Waals surface area contributed by atoms with Crippen molar-refractivity contribution in [2.75, 3.05) is 6.61 Å². The number of rotatable bonds is 2. The Balaban J connectivity index is 2.05. The van der Waals surface area contributed by atoms with Crippen LogP contribution in [0.5, 0.6) is 5.75 Å². The van der Waals surface area contributed by atoms with E-state index in [1.807, 2.05) is 0 Å². The van der Waals surface area contributed by atoms with Gasteiger partial charge < -0.3 is 10.5 Å². The van der Waals surface area contributed by atoms with Gasteiger partial charge in [-0.2, -0.15) is 11.3 Å². The topological polar surface area (TPSA) is 35.2 Å². The summed E-state index contributed by atoms with van der Waals surface area (Å²) in [6.07, 6.45) is 0.999. The molecule has 1 atom stereocenters. The van der Waals surface area contributed by atoms with Gasteiger partial charge in [0.05, 0.1) is 12.6 Å². The van der Waals surface area contributed by atoms with E-state index in [2.05, 4.69) is 35.9 Å². The lowest BCUT2D eigenvalue weighted by Gasteiger charge is -2.15. The van der Waals surface area contributed by atoms with Crippen molar-refractivity contribution in [1.29, 1.82) is 0 Å². The zero-order valence-corrected chi connectivity index (χ0v) is 10.6. The first kappa shape index (κ1) is 10.8. The van der Waals surface area contributed by atoms with Crippen molar-refractivity contribution in [3.8, 4) is 5.75 Å². The Morgan fingerprint density at radius 2 is 2.18 bits per heavy atom. The third-order valence-electron chi connectivity index (χ3n) is 3.31. The number of nitrogens with two attached hydrogens (primary N) is 1. The first-order chi connectivity index (χ1) is 8.27. The zero-order valence-electron chi connectivity index (χ0n) is 9.77. The summed E-state index contributed by atoms with van der Waals surface area (Å²) in [6.45, 7) is 2.89. The third kappa shape index (κ3) is 1.75. The van der Waals surface area contributed by atoms with E-state index in [1.165, 1.54) is 16.7 Å². The van der Waals surface area contributed by atoms with Crippen LogP contribution >= 0.6 is 11.3 Å². The number of hydrogen-bond acceptors (Lipinski definition) is 3. The van der Waals surface area contributed by atoms with Crippen LogP contribution in [0.2, 0.25) is 0 Å². The molecule has 3 heteroatoms. The van der Waals surface area contributed by atoms with Crippen molar-refractivity contribution in [2.45, 2.75) is 19.4 Å². The third-order valence-corrected chi connectivity index (χ3v) is 4.19. The largest absolute Gasteiger partial charge is 0.493 e. The molecule has 1 aromatic heterocycles. The molecule has 0 radical (unpaired) electrons. The average Bonchev–Trinajstić information content (AvgIpc) is 2.95. The van der Waals surface area contributed by atoms with E-state index < -0.39 is 0 Å². The van der Waals surface area contributed by atoms with E-state index in [-0.39, 0.29) is 6.04 Å². The van der Waals surface area contributed by atoms with Crippen LogP contribution < -0.4 is 10.5 Å². The van der Waals surface area contributed by atoms with E-state index in [1.54, 1.807) is 11.3 Å². The molecule has 17 heavy (non-hydrogen) atoms. The predicted molar refractivity (Wildman–Crippen MR) is 70.7 cm³/mol. The van der Waals surface area contributed by atoms with Gasteiger partial charge in [-0.25, -0.2) is 0 Å². The van der Waals surface area contributed by atoms with Gasteiger partial charge >= 0.3 is 0 Å². The summed E-state index contributed by atoms with van der Waals surface area (Å²) < 4.78 is 5.71. The highest BCUT2D eigenvalue weighted by molar-refractivity contribution is 7.08. The Morgan fingerprint density at radius 1 is 1.29 bits per heavy atom. The fourth-order valence-corrected chi connectivity index (χ4v) is 3.23. The molecule has 0 saturated carbocycles. The van der Waals surface area contributed by atoms with Crippen molar-refractivity contribution < 1.29 is 4.74 Å². The molecule has 1 aliphatic rings. The minimum absolute atomic E-state index is 0.0747. The molecule has 3 rings (SSSR count). The van der Waals surface area contributed by atoms with E-state index in [0.717, 1.165) is 24.3 Å². The Hall–Kier alpha value is -1.32. The molecule has 0 aliphatic carbocycles. The fourth-order valence-electron chi connectivity index (χ4n) is 2.34. The van der Waals surface area contributed by atoms with E-state index in [4.69, 9.17) is 10.5 Å². The highest BCUT2D eigenvalue weighted by Gasteiger charge is 2.21. The molecule has 0 spiro atoms. The molecular weight excluding hydrogens is 230 g/mol. The summed E-state index contributed by atoms with van der Waals surface area (Å²) in [5, 5.41) is 4.27. The van der Waals surface area contributed by atoms with Crippen LogP contribution in [-0.4, -0.2) is 6.61 Å². The molecule has 1 unspecified atom stereocenters. The first-order valence-electron chi connectivity index (χ1n) is 5.80. The molecule has 1 aliphatic heterocycles. The summed E-state index contributed by atoms with van der Waals surface area (Å²) in [4.78, 5) is 0. The minimum atomic E-state index is -0.0747. The molecule has 88 valence electrons. The maximum absolute atomic E-state index is 6.36. The molecule has 0 amide bonds. The maximum atomic E-state index is 6.36. The summed E-state index contributed by atoms with van der Waals surface area (Å²) in [6, 6.07) is 6.20. The number of ether oxygens (including phenoxy) is 1. The molecule has 0 saturated heterocycles. The molecular formula is C14H15NOS. The first-order valence-corrected chi connectivity index (χ1v) is 6.74. The Bertz CT molecular complexity index is 547. The van der Waals surface area contributed by atoms with Crippen LogP contribution in [0.25, 0.3) is 0 Å². The molecule has 0 fully saturated rings. The van der Waals surface area contributed by atoms with Crippen LogP contribution in [0.1, 0.15) is 28.3 Å². The lowest BCUT2D eigenvalue weighted by atomic mass is 9.96. The van der Waals surface area contributed by atoms with Gasteiger partial charge in [0.15, 0.2) is 0 Å². The number of aryl methyl sites for hydroxylation is 1. The van der Waals surface area contributed by atoms with Gasteiger partial charge in [-0.05, 0) is 34.4 Å². The average molecular weight is 245 g/mol. The van der Waals surface area contributed by atoms with Crippen molar-refractivity contribution in [1.82, 2.24) is 0 Å². The molecule has 2 aromatic rings. The standard InChI is InChI=1S/C14H15NOS/c1-9-7-17-8-12(9)13(15)11-4-2-3-10-5-6-16-14(10)11/h2-4,7-8,13H,5-6,15H2,1H3. The number of fused-ring (bicyclic) bond motifs is 1. The molecule has 2 N–H and O–H groups in total. The van der Waals surface area contributed by atoms with Gasteiger partial charge in [-0.15, -0.1) is 0 Å². The SMILES string of the molecule is Cc1cscc1C(N)c1cccc2c1OCC2. The van der Waals surface area contributed by atoms with E-state index in [0.29, 0.717) is 0 Å². The van der Waals surface area contributed by atoms with E-state index >= 15 is 0 Å². The van der Waals surface area contributed by atoms with Crippen LogP contribution in [0, 0.1) is 6.92 Å². The monoisotopic (exact) mass is 245 g/mol. The lowest BCUT2D eigenvalue weighted by Crippen LogP contribution is -2.13. The second-order valence-electron chi connectivity index (χ2n) is 4.42. The van der Waals surface area contributed by atoms with E-state index in [9.17, 15) is 0 Å². The summed E-state index contributed by atoms with van der Waals surface area (Å²) in [5.41, 5.74) is 11.2. The predicted octanol–water partition coefficient (Wildman–Crippen LogP) is 3.04. The van der Waals surface area contributed by atoms with Crippen LogP contribution in [-0.2, 0) is 6.42 Å². The second-order valence-corrected chi connectivity index (χ2v) is 5.17. The summed E-state index contributed by atoms with van der Waals surface area (Å²) in [5.74, 6) is 1.01. The number of hydrogen-bond donors (Lipinski definition) is 1. The Morgan fingerprint density at radius 3 is 2.94 bits per heavy atom. The van der Waals surface area contributed by atoms with Crippen LogP contribution in [0.3, 0.4) is 0 Å². The Kier molecular flexibility index (Phi) is 2.65. The number of benzene rings is 1. The van der Waals surface area contributed by atoms with Gasteiger partial charge in [-0.3, -0.25) is 0 Å². The smallest absolute Gasteiger partial charge is 0.127 e. The fraction of sp³-hybridized carbons (Fsp3) is 0.286.